The Balaban J connectivity index is 2.49. The number of carbonyl (C=O) groups is 1. The fourth-order valence-corrected chi connectivity index (χ4v) is 2.40. The minimum absolute atomic E-state index is 0.222. The highest BCUT2D eigenvalue weighted by molar-refractivity contribution is 6.03. The lowest BCUT2D eigenvalue weighted by atomic mass is 10.1. The molecule has 10 N–H and O–H groups in total. The van der Waals surface area contributed by atoms with Crippen molar-refractivity contribution in [1.82, 2.24) is 20.7 Å². The van der Waals surface area contributed by atoms with Crippen LogP contribution in [-0.2, 0) is 0 Å². The van der Waals surface area contributed by atoms with E-state index in [4.69, 9.17) is 22.2 Å². The summed E-state index contributed by atoms with van der Waals surface area (Å²) < 4.78 is 5.48. The van der Waals surface area contributed by atoms with Gasteiger partial charge in [-0.2, -0.15) is 10.1 Å². The second-order valence-electron chi connectivity index (χ2n) is 5.38. The number of para-hydroxylation sites is 1. The SMILES string of the molecule is CNc1ncc(C(=O)NCCN)c(Nc2cccc(C(=NN)NN)c2OC)n1. The Morgan fingerprint density at radius 2 is 2.11 bits per heavy atom. The number of hydrazine groups is 1. The molecule has 0 fully saturated rings. The Morgan fingerprint density at radius 1 is 1.32 bits per heavy atom. The minimum Gasteiger partial charge on any atom is -0.494 e. The topological polar surface area (TPSA) is 191 Å². The first-order valence-electron chi connectivity index (χ1n) is 8.31. The van der Waals surface area contributed by atoms with Crippen molar-refractivity contribution in [2.75, 3.05) is 37.9 Å². The highest BCUT2D eigenvalue weighted by Gasteiger charge is 2.18. The Hall–Kier alpha value is -3.64. The molecule has 0 spiro atoms. The Kier molecular flexibility index (Phi) is 7.30. The summed E-state index contributed by atoms with van der Waals surface area (Å²) in [5.41, 5.74) is 9.14. The monoisotopic (exact) mass is 388 g/mol. The number of methoxy groups -OCH3 is 1. The third kappa shape index (κ3) is 4.55. The summed E-state index contributed by atoms with van der Waals surface area (Å²) in [6, 6.07) is 5.22. The molecule has 0 saturated heterocycles. The second kappa shape index (κ2) is 9.89. The van der Waals surface area contributed by atoms with Crippen LogP contribution in [0.1, 0.15) is 15.9 Å². The van der Waals surface area contributed by atoms with Crippen molar-refractivity contribution < 1.29 is 9.53 Å². The predicted molar refractivity (Wildman–Crippen MR) is 107 cm³/mol. The molecule has 0 aliphatic heterocycles. The van der Waals surface area contributed by atoms with Crippen molar-refractivity contribution >= 4 is 29.2 Å². The molecule has 1 amide bonds. The first-order valence-corrected chi connectivity index (χ1v) is 8.31. The van der Waals surface area contributed by atoms with Gasteiger partial charge in [0.1, 0.15) is 11.4 Å². The number of ether oxygens (including phenoxy) is 1. The van der Waals surface area contributed by atoms with Crippen molar-refractivity contribution in [1.29, 1.82) is 0 Å². The van der Waals surface area contributed by atoms with E-state index in [2.05, 4.69) is 36.4 Å². The fourth-order valence-electron chi connectivity index (χ4n) is 2.40. The maximum absolute atomic E-state index is 12.4. The summed E-state index contributed by atoms with van der Waals surface area (Å²) in [6.07, 6.45) is 1.41. The maximum atomic E-state index is 12.4. The van der Waals surface area contributed by atoms with E-state index < -0.39 is 0 Å². The van der Waals surface area contributed by atoms with Crippen molar-refractivity contribution in [3.8, 4) is 5.75 Å². The summed E-state index contributed by atoms with van der Waals surface area (Å²) in [6.45, 7) is 0.635. The molecule has 0 aliphatic carbocycles. The van der Waals surface area contributed by atoms with Gasteiger partial charge < -0.3 is 37.7 Å². The molecular formula is C16H24N10O2. The van der Waals surface area contributed by atoms with Crippen LogP contribution in [0.4, 0.5) is 17.5 Å². The average molecular weight is 388 g/mol. The van der Waals surface area contributed by atoms with Crippen LogP contribution in [-0.4, -0.2) is 49.0 Å². The van der Waals surface area contributed by atoms with Crippen LogP contribution in [0, 0.1) is 0 Å². The molecule has 2 rings (SSSR count). The smallest absolute Gasteiger partial charge is 0.256 e. The van der Waals surface area contributed by atoms with E-state index in [1.807, 2.05) is 0 Å². The van der Waals surface area contributed by atoms with Gasteiger partial charge in [-0.1, -0.05) is 6.07 Å². The molecule has 1 aromatic heterocycles. The van der Waals surface area contributed by atoms with E-state index >= 15 is 0 Å². The van der Waals surface area contributed by atoms with Crippen LogP contribution in [0.15, 0.2) is 29.5 Å². The third-order valence-corrected chi connectivity index (χ3v) is 3.68. The van der Waals surface area contributed by atoms with Crippen molar-refractivity contribution in [2.45, 2.75) is 0 Å². The van der Waals surface area contributed by atoms with Crippen LogP contribution in [0.3, 0.4) is 0 Å². The van der Waals surface area contributed by atoms with Crippen molar-refractivity contribution in [3.63, 3.8) is 0 Å². The molecule has 0 aliphatic rings. The minimum atomic E-state index is -0.362. The van der Waals surface area contributed by atoms with E-state index in [1.54, 1.807) is 25.2 Å². The lowest BCUT2D eigenvalue weighted by molar-refractivity contribution is 0.0955. The molecule has 12 nitrogen and oxygen atoms in total. The summed E-state index contributed by atoms with van der Waals surface area (Å²) in [5, 5.41) is 12.2. The van der Waals surface area contributed by atoms with Crippen LogP contribution in [0.2, 0.25) is 0 Å². The number of aromatic nitrogens is 2. The van der Waals surface area contributed by atoms with Gasteiger partial charge in [-0.3, -0.25) is 4.79 Å². The first-order chi connectivity index (χ1) is 13.6. The average Bonchev–Trinajstić information content (AvgIpc) is 2.73. The van der Waals surface area contributed by atoms with Gasteiger partial charge in [0.05, 0.1) is 18.4 Å². The molecule has 0 atom stereocenters. The quantitative estimate of drug-likeness (QED) is 0.128. The number of anilines is 3. The second-order valence-corrected chi connectivity index (χ2v) is 5.38. The van der Waals surface area contributed by atoms with Gasteiger partial charge in [0.25, 0.3) is 5.91 Å². The van der Waals surface area contributed by atoms with Crippen LogP contribution in [0.5, 0.6) is 5.75 Å². The third-order valence-electron chi connectivity index (χ3n) is 3.68. The number of hydrazone groups is 1. The molecule has 28 heavy (non-hydrogen) atoms. The van der Waals surface area contributed by atoms with Gasteiger partial charge in [-0.15, -0.1) is 0 Å². The van der Waals surface area contributed by atoms with Gasteiger partial charge in [-0.25, -0.2) is 10.8 Å². The fraction of sp³-hybridized carbons (Fsp3) is 0.250. The molecular weight excluding hydrogens is 364 g/mol. The number of benzene rings is 1. The lowest BCUT2D eigenvalue weighted by Crippen LogP contribution is -2.32. The Morgan fingerprint density at radius 3 is 2.71 bits per heavy atom. The number of amidine groups is 1. The van der Waals surface area contributed by atoms with Gasteiger partial charge in [0, 0.05) is 26.3 Å². The van der Waals surface area contributed by atoms with Crippen molar-refractivity contribution in [3.05, 3.63) is 35.5 Å². The highest BCUT2D eigenvalue weighted by atomic mass is 16.5. The lowest BCUT2D eigenvalue weighted by Gasteiger charge is -2.17. The zero-order chi connectivity index (χ0) is 20.5. The molecule has 1 heterocycles. The number of amides is 1. The predicted octanol–water partition coefficient (Wildman–Crippen LogP) is -0.957. The van der Waals surface area contributed by atoms with Gasteiger partial charge in [0.15, 0.2) is 11.6 Å². The zero-order valence-corrected chi connectivity index (χ0v) is 15.6. The van der Waals surface area contributed by atoms with E-state index in [0.717, 1.165) is 0 Å². The Bertz CT molecular complexity index is 855. The van der Waals surface area contributed by atoms with Gasteiger partial charge in [0.2, 0.25) is 5.95 Å². The summed E-state index contributed by atoms with van der Waals surface area (Å²) in [7, 11) is 3.16. The van der Waals surface area contributed by atoms with Gasteiger partial charge >= 0.3 is 0 Å². The number of hydrogen-bond donors (Lipinski definition) is 7. The largest absolute Gasteiger partial charge is 0.494 e. The normalized spacial score (nSPS) is 10.9. The van der Waals surface area contributed by atoms with E-state index in [0.29, 0.717) is 36.0 Å². The molecule has 150 valence electrons. The molecule has 0 saturated carbocycles. The number of nitrogens with zero attached hydrogens (tertiary/aromatic N) is 3. The number of rotatable bonds is 8. The number of nitrogens with two attached hydrogens (primary N) is 3. The molecule has 2 aromatic rings. The number of carbonyl (C=O) groups excluding carboxylic acids is 1. The maximum Gasteiger partial charge on any atom is 0.256 e. The molecule has 0 radical (unpaired) electrons. The molecule has 12 heteroatoms. The van der Waals surface area contributed by atoms with Crippen LogP contribution in [0.25, 0.3) is 0 Å². The highest BCUT2D eigenvalue weighted by Crippen LogP contribution is 2.32. The van der Waals surface area contributed by atoms with Gasteiger partial charge in [-0.05, 0) is 12.1 Å². The standard InChI is InChI=1S/C16H24N10O2/c1-20-16-22-8-10(15(27)21-7-6-17)13(24-16)23-11-5-3-4-9(12(11)28-2)14(25-18)26-19/h3-5,8H,6-7,17-19H2,1-2H3,(H,21,27)(H,25,26)(H2,20,22,23,24). The molecule has 1 aromatic carbocycles. The van der Waals surface area contributed by atoms with E-state index in [9.17, 15) is 4.79 Å². The van der Waals surface area contributed by atoms with Crippen LogP contribution < -0.4 is 43.5 Å². The summed E-state index contributed by atoms with van der Waals surface area (Å²) in [5.74, 6) is 11.7. The van der Waals surface area contributed by atoms with E-state index in [1.165, 1.54) is 13.3 Å². The zero-order valence-electron chi connectivity index (χ0n) is 15.6. The number of nitrogens with one attached hydrogen (secondary N) is 4. The molecule has 0 bridgehead atoms. The summed E-state index contributed by atoms with van der Waals surface area (Å²) >= 11 is 0. The van der Waals surface area contributed by atoms with Crippen LogP contribution >= 0.6 is 0 Å². The Labute approximate surface area is 161 Å². The summed E-state index contributed by atoms with van der Waals surface area (Å²) in [4.78, 5) is 20.9. The first kappa shape index (κ1) is 20.7. The number of hydrogen-bond acceptors (Lipinski definition) is 10. The van der Waals surface area contributed by atoms with Crippen molar-refractivity contribution in [2.24, 2.45) is 22.5 Å². The molecule has 0 unspecified atom stereocenters. The van der Waals surface area contributed by atoms with E-state index in [-0.39, 0.29) is 23.1 Å².